The highest BCUT2D eigenvalue weighted by atomic mass is 19.1. The van der Waals surface area contributed by atoms with E-state index in [2.05, 4.69) is 10.1 Å². The Hall–Kier alpha value is -3.48. The van der Waals surface area contributed by atoms with Crippen molar-refractivity contribution in [3.05, 3.63) is 75.9 Å². The number of methoxy groups -OCH3 is 1. The molecule has 0 unspecified atom stereocenters. The van der Waals surface area contributed by atoms with Gasteiger partial charge in [0.2, 0.25) is 0 Å². The second kappa shape index (κ2) is 6.92. The van der Waals surface area contributed by atoms with E-state index in [-0.39, 0.29) is 12.1 Å². The first kappa shape index (κ1) is 17.9. The molecule has 142 valence electrons. The van der Waals surface area contributed by atoms with E-state index in [0.717, 1.165) is 28.4 Å². The fraction of sp³-hybridized carbons (Fsp3) is 0.190. The van der Waals surface area contributed by atoms with E-state index in [1.807, 2.05) is 26.0 Å². The molecule has 0 aliphatic rings. The monoisotopic (exact) mass is 379 g/mol. The van der Waals surface area contributed by atoms with E-state index in [4.69, 9.17) is 9.26 Å². The number of benzene rings is 1. The van der Waals surface area contributed by atoms with Crippen LogP contribution in [0.1, 0.15) is 17.1 Å². The fourth-order valence-electron chi connectivity index (χ4n) is 3.38. The van der Waals surface area contributed by atoms with Crippen LogP contribution >= 0.6 is 0 Å². The van der Waals surface area contributed by atoms with E-state index in [1.165, 1.54) is 12.1 Å². The molecule has 0 amide bonds. The summed E-state index contributed by atoms with van der Waals surface area (Å²) in [6, 6.07) is 9.95. The Balaban J connectivity index is 1.91. The van der Waals surface area contributed by atoms with Gasteiger partial charge in [0, 0.05) is 17.7 Å². The third-order valence-corrected chi connectivity index (χ3v) is 4.72. The number of aromatic nitrogens is 3. The molecule has 0 aliphatic heterocycles. The van der Waals surface area contributed by atoms with Crippen molar-refractivity contribution in [3.63, 3.8) is 0 Å². The van der Waals surface area contributed by atoms with Gasteiger partial charge in [0.1, 0.15) is 17.3 Å². The normalized spacial score (nSPS) is 11.1. The lowest BCUT2D eigenvalue weighted by Gasteiger charge is -2.14. The van der Waals surface area contributed by atoms with Crippen LogP contribution in [0.2, 0.25) is 0 Å². The minimum absolute atomic E-state index is 0.175. The summed E-state index contributed by atoms with van der Waals surface area (Å²) in [7, 11) is 1.58. The largest absolute Gasteiger partial charge is 0.496 e. The number of rotatable bonds is 4. The number of hydrogen-bond acceptors (Lipinski definition) is 5. The lowest BCUT2D eigenvalue weighted by molar-refractivity contribution is 0.393. The Kier molecular flexibility index (Phi) is 4.43. The second-order valence-corrected chi connectivity index (χ2v) is 6.54. The molecule has 4 aromatic rings. The van der Waals surface area contributed by atoms with Gasteiger partial charge < -0.3 is 13.8 Å². The molecule has 6 nitrogen and oxygen atoms in total. The summed E-state index contributed by atoms with van der Waals surface area (Å²) in [6.07, 6.45) is 1.14. The maximum absolute atomic E-state index is 13.1. The first-order chi connectivity index (χ1) is 13.5. The molecule has 1 aromatic carbocycles. The van der Waals surface area contributed by atoms with Gasteiger partial charge in [0.05, 0.1) is 42.3 Å². The third kappa shape index (κ3) is 3.05. The number of ether oxygens (including phenoxy) is 1. The highest BCUT2D eigenvalue weighted by Gasteiger charge is 2.18. The zero-order valence-corrected chi connectivity index (χ0v) is 15.7. The highest BCUT2D eigenvalue weighted by Crippen LogP contribution is 2.37. The first-order valence-corrected chi connectivity index (χ1v) is 8.73. The van der Waals surface area contributed by atoms with Crippen LogP contribution in [0.25, 0.3) is 22.0 Å². The smallest absolute Gasteiger partial charge is 0.251 e. The third-order valence-electron chi connectivity index (χ3n) is 4.72. The molecule has 0 bridgehead atoms. The quantitative estimate of drug-likeness (QED) is 0.538. The number of aryl methyl sites for hydroxylation is 2. The SMILES string of the molecule is COc1cc2c(ccc(=O)n2Cc2ccc(F)cn2)cc1-c1c(C)noc1C. The summed E-state index contributed by atoms with van der Waals surface area (Å²) in [5.74, 6) is 0.882. The van der Waals surface area contributed by atoms with Crippen LogP contribution in [-0.4, -0.2) is 21.8 Å². The Labute approximate surface area is 160 Å². The molecular weight excluding hydrogens is 361 g/mol. The van der Waals surface area contributed by atoms with Crippen molar-refractivity contribution in [2.24, 2.45) is 0 Å². The van der Waals surface area contributed by atoms with E-state index < -0.39 is 5.82 Å². The molecule has 4 rings (SSSR count). The maximum Gasteiger partial charge on any atom is 0.251 e. The van der Waals surface area contributed by atoms with Gasteiger partial charge in [-0.25, -0.2) is 4.39 Å². The Morgan fingerprint density at radius 1 is 1.18 bits per heavy atom. The molecular formula is C21H18FN3O3. The van der Waals surface area contributed by atoms with Crippen LogP contribution in [0.4, 0.5) is 4.39 Å². The van der Waals surface area contributed by atoms with Gasteiger partial charge in [-0.2, -0.15) is 0 Å². The van der Waals surface area contributed by atoms with Gasteiger partial charge >= 0.3 is 0 Å². The van der Waals surface area contributed by atoms with Gasteiger partial charge in [-0.05, 0) is 43.5 Å². The molecule has 0 saturated carbocycles. The van der Waals surface area contributed by atoms with Gasteiger partial charge in [-0.1, -0.05) is 5.16 Å². The Bertz CT molecular complexity index is 1210. The average molecular weight is 379 g/mol. The fourth-order valence-corrected chi connectivity index (χ4v) is 3.38. The summed E-state index contributed by atoms with van der Waals surface area (Å²) in [6.45, 7) is 3.95. The molecule has 0 saturated heterocycles. The van der Waals surface area contributed by atoms with Gasteiger partial charge in [0.25, 0.3) is 5.56 Å². The predicted molar refractivity (Wildman–Crippen MR) is 103 cm³/mol. The molecule has 3 heterocycles. The summed E-state index contributed by atoms with van der Waals surface area (Å²) in [4.78, 5) is 16.6. The number of pyridine rings is 2. The molecule has 0 radical (unpaired) electrons. The van der Waals surface area contributed by atoms with Crippen LogP contribution in [-0.2, 0) is 6.54 Å². The Morgan fingerprint density at radius 2 is 2.00 bits per heavy atom. The molecule has 0 N–H and O–H groups in total. The topological polar surface area (TPSA) is 70.2 Å². The predicted octanol–water partition coefficient (Wildman–Crippen LogP) is 3.86. The number of nitrogens with zero attached hydrogens (tertiary/aromatic N) is 3. The van der Waals surface area contributed by atoms with Crippen molar-refractivity contribution < 1.29 is 13.7 Å². The van der Waals surface area contributed by atoms with E-state index in [1.54, 1.807) is 23.8 Å². The van der Waals surface area contributed by atoms with Gasteiger partial charge in [0.15, 0.2) is 0 Å². The van der Waals surface area contributed by atoms with Crippen LogP contribution in [0.3, 0.4) is 0 Å². The van der Waals surface area contributed by atoms with Crippen molar-refractivity contribution in [3.8, 4) is 16.9 Å². The molecule has 3 aromatic heterocycles. The lowest BCUT2D eigenvalue weighted by Crippen LogP contribution is -2.20. The number of hydrogen-bond donors (Lipinski definition) is 0. The number of fused-ring (bicyclic) bond motifs is 1. The van der Waals surface area contributed by atoms with Crippen molar-refractivity contribution in [2.45, 2.75) is 20.4 Å². The van der Waals surface area contributed by atoms with Gasteiger partial charge in [-0.15, -0.1) is 0 Å². The van der Waals surface area contributed by atoms with Crippen molar-refractivity contribution in [2.75, 3.05) is 7.11 Å². The molecule has 28 heavy (non-hydrogen) atoms. The molecule has 0 atom stereocenters. The molecule has 7 heteroatoms. The van der Waals surface area contributed by atoms with Crippen molar-refractivity contribution in [1.82, 2.24) is 14.7 Å². The minimum Gasteiger partial charge on any atom is -0.496 e. The summed E-state index contributed by atoms with van der Waals surface area (Å²) in [5.41, 5.74) is 3.59. The number of halogens is 1. The lowest BCUT2D eigenvalue weighted by atomic mass is 10.0. The van der Waals surface area contributed by atoms with Gasteiger partial charge in [-0.3, -0.25) is 9.78 Å². The highest BCUT2D eigenvalue weighted by molar-refractivity contribution is 5.89. The second-order valence-electron chi connectivity index (χ2n) is 6.54. The first-order valence-electron chi connectivity index (χ1n) is 8.73. The molecule has 0 spiro atoms. The summed E-state index contributed by atoms with van der Waals surface area (Å²) in [5, 5.41) is 4.88. The van der Waals surface area contributed by atoms with E-state index in [0.29, 0.717) is 22.7 Å². The Morgan fingerprint density at radius 3 is 2.64 bits per heavy atom. The van der Waals surface area contributed by atoms with Crippen LogP contribution < -0.4 is 10.3 Å². The van der Waals surface area contributed by atoms with Crippen LogP contribution in [0.15, 0.2) is 51.9 Å². The molecule has 0 fully saturated rings. The van der Waals surface area contributed by atoms with Crippen LogP contribution in [0.5, 0.6) is 5.75 Å². The zero-order valence-electron chi connectivity index (χ0n) is 15.7. The summed E-state index contributed by atoms with van der Waals surface area (Å²) < 4.78 is 25.6. The van der Waals surface area contributed by atoms with Crippen LogP contribution in [0, 0.1) is 19.7 Å². The molecule has 0 aliphatic carbocycles. The summed E-state index contributed by atoms with van der Waals surface area (Å²) >= 11 is 0. The maximum atomic E-state index is 13.1. The van der Waals surface area contributed by atoms with E-state index >= 15 is 0 Å². The standard InChI is InChI=1S/C21H18FN3O3/c1-12-21(13(2)28-24-12)17-8-14-4-7-20(26)25(18(14)9-19(17)27-3)11-16-6-5-15(22)10-23-16/h4-10H,11H2,1-3H3. The zero-order chi connectivity index (χ0) is 19.8. The van der Waals surface area contributed by atoms with Crippen molar-refractivity contribution >= 4 is 10.9 Å². The van der Waals surface area contributed by atoms with E-state index in [9.17, 15) is 9.18 Å². The average Bonchev–Trinajstić information content (AvgIpc) is 3.03. The van der Waals surface area contributed by atoms with Crippen molar-refractivity contribution in [1.29, 1.82) is 0 Å². The minimum atomic E-state index is -0.417.